The van der Waals surface area contributed by atoms with Gasteiger partial charge in [-0.3, -0.25) is 4.79 Å². The lowest BCUT2D eigenvalue weighted by Crippen LogP contribution is -2.21. The van der Waals surface area contributed by atoms with E-state index < -0.39 is 0 Å². The van der Waals surface area contributed by atoms with Crippen molar-refractivity contribution < 1.29 is 9.18 Å². The molecule has 0 fully saturated rings. The summed E-state index contributed by atoms with van der Waals surface area (Å²) in [6.07, 6.45) is 13.6. The van der Waals surface area contributed by atoms with Crippen molar-refractivity contribution in [1.29, 1.82) is 0 Å². The molecule has 0 aliphatic heterocycles. The lowest BCUT2D eigenvalue weighted by Gasteiger charge is -2.03. The molecule has 0 unspecified atom stereocenters. The van der Waals surface area contributed by atoms with Crippen LogP contribution in [0.5, 0.6) is 0 Å². The van der Waals surface area contributed by atoms with E-state index in [-0.39, 0.29) is 12.3 Å². The van der Waals surface area contributed by atoms with Crippen LogP contribution in [0.3, 0.4) is 0 Å². The third-order valence-electron chi connectivity index (χ3n) is 1.80. The fourth-order valence-corrected chi connectivity index (χ4v) is 1.11. The van der Waals surface area contributed by atoms with Crippen LogP contribution in [0.1, 0.15) is 13.3 Å². The lowest BCUT2D eigenvalue weighted by molar-refractivity contribution is -0.119. The molecule has 0 aliphatic rings. The van der Waals surface area contributed by atoms with E-state index >= 15 is 0 Å². The van der Waals surface area contributed by atoms with Crippen LogP contribution in [0.15, 0.2) is 60.8 Å². The fourth-order valence-electron chi connectivity index (χ4n) is 1.03. The van der Waals surface area contributed by atoms with E-state index in [0.717, 1.165) is 0 Å². The van der Waals surface area contributed by atoms with Crippen LogP contribution in [-0.2, 0) is 4.79 Å². The highest BCUT2D eigenvalue weighted by Crippen LogP contribution is 1.95. The van der Waals surface area contributed by atoms with E-state index in [2.05, 4.69) is 22.9 Å². The number of rotatable bonds is 8. The third kappa shape index (κ3) is 10.8. The van der Waals surface area contributed by atoms with Crippen molar-refractivity contribution >= 4 is 23.6 Å². The Balaban J connectivity index is 4.46. The van der Waals surface area contributed by atoms with Gasteiger partial charge in [0.25, 0.3) is 0 Å². The van der Waals surface area contributed by atoms with Crippen molar-refractivity contribution in [2.75, 3.05) is 0 Å². The van der Waals surface area contributed by atoms with Crippen molar-refractivity contribution in [2.45, 2.75) is 13.3 Å². The quantitative estimate of drug-likeness (QED) is 0.530. The molecule has 5 heteroatoms. The lowest BCUT2D eigenvalue weighted by atomic mass is 10.3. The SMILES string of the molecule is C/C=C\C=C/CC(=O)NC(/C=C/NC=S)=C/C=C/F. The normalized spacial score (nSPS) is 12.8. The molecule has 0 rings (SSSR count). The van der Waals surface area contributed by atoms with Gasteiger partial charge in [-0.1, -0.05) is 36.5 Å². The number of amides is 1. The molecule has 0 saturated carbocycles. The molecule has 0 aromatic heterocycles. The number of allylic oxidation sites excluding steroid dienone is 6. The zero-order valence-corrected chi connectivity index (χ0v) is 11.5. The third-order valence-corrected chi connectivity index (χ3v) is 1.94. The van der Waals surface area contributed by atoms with Crippen LogP contribution in [0.2, 0.25) is 0 Å². The average molecular weight is 280 g/mol. The summed E-state index contributed by atoms with van der Waals surface area (Å²) in [6, 6.07) is 0. The Morgan fingerprint density at radius 3 is 2.74 bits per heavy atom. The van der Waals surface area contributed by atoms with Gasteiger partial charge in [0.1, 0.15) is 0 Å². The Kier molecular flexibility index (Phi) is 11.1. The molecule has 102 valence electrons. The smallest absolute Gasteiger partial charge is 0.228 e. The maximum atomic E-state index is 11.9. The summed E-state index contributed by atoms with van der Waals surface area (Å²) in [4.78, 5) is 11.6. The molecular weight excluding hydrogens is 263 g/mol. The van der Waals surface area contributed by atoms with Gasteiger partial charge in [0.05, 0.1) is 11.8 Å². The fraction of sp³-hybridized carbons (Fsp3) is 0.143. The first-order valence-corrected chi connectivity index (χ1v) is 6.12. The molecular formula is C14H17FN2OS. The van der Waals surface area contributed by atoms with Gasteiger partial charge in [-0.15, -0.1) is 0 Å². The average Bonchev–Trinajstić information content (AvgIpc) is 2.41. The highest BCUT2D eigenvalue weighted by molar-refractivity contribution is 7.78. The number of carbonyl (C=O) groups excluding carboxylic acids is 1. The Morgan fingerprint density at radius 1 is 1.32 bits per heavy atom. The summed E-state index contributed by atoms with van der Waals surface area (Å²) in [7, 11) is 0. The number of halogens is 1. The van der Waals surface area contributed by atoms with E-state index in [4.69, 9.17) is 0 Å². The first-order chi connectivity index (χ1) is 9.24. The second-order valence-electron chi connectivity index (χ2n) is 3.26. The zero-order chi connectivity index (χ0) is 14.3. The van der Waals surface area contributed by atoms with E-state index in [0.29, 0.717) is 12.0 Å². The summed E-state index contributed by atoms with van der Waals surface area (Å²) in [5, 5.41) is 5.31. The molecule has 0 aromatic carbocycles. The summed E-state index contributed by atoms with van der Waals surface area (Å²) in [6.45, 7) is 1.89. The van der Waals surface area contributed by atoms with Gasteiger partial charge in [0, 0.05) is 18.3 Å². The maximum Gasteiger partial charge on any atom is 0.228 e. The molecule has 0 saturated heterocycles. The highest BCUT2D eigenvalue weighted by Gasteiger charge is 1.98. The molecule has 0 bridgehead atoms. The van der Waals surface area contributed by atoms with Crippen LogP contribution < -0.4 is 10.6 Å². The first kappa shape index (κ1) is 17.0. The molecule has 1 amide bonds. The van der Waals surface area contributed by atoms with E-state index in [1.807, 2.05) is 19.1 Å². The van der Waals surface area contributed by atoms with Crippen molar-refractivity contribution in [3.05, 3.63) is 60.8 Å². The number of carbonyl (C=O) groups is 1. The number of thiocarbonyl (C=S) groups is 1. The van der Waals surface area contributed by atoms with Crippen molar-refractivity contribution in [3.8, 4) is 0 Å². The van der Waals surface area contributed by atoms with Crippen molar-refractivity contribution in [2.24, 2.45) is 0 Å². The minimum absolute atomic E-state index is 0.189. The zero-order valence-electron chi connectivity index (χ0n) is 10.7. The Bertz CT molecular complexity index is 423. The van der Waals surface area contributed by atoms with E-state index in [1.165, 1.54) is 17.6 Å². The summed E-state index contributed by atoms with van der Waals surface area (Å²) < 4.78 is 11.9. The van der Waals surface area contributed by atoms with Gasteiger partial charge in [0.15, 0.2) is 0 Å². The van der Waals surface area contributed by atoms with Crippen LogP contribution in [0.25, 0.3) is 0 Å². The standard InChI is InChI=1S/C14H17FN2OS/c1-2-3-4-5-8-14(18)17-13(7-6-10-15)9-11-16-12-19/h2-7,9-12H,8H2,1H3,(H,16,19)(H,17,18)/b3-2-,5-4-,10-6+,11-9+,13-7+. The number of hydrogen-bond donors (Lipinski definition) is 2. The maximum absolute atomic E-state index is 11.9. The van der Waals surface area contributed by atoms with Gasteiger partial charge in [-0.25, -0.2) is 4.39 Å². The Hall–Kier alpha value is -2.01. The number of hydrogen-bond acceptors (Lipinski definition) is 2. The van der Waals surface area contributed by atoms with E-state index in [9.17, 15) is 9.18 Å². The van der Waals surface area contributed by atoms with Gasteiger partial charge >= 0.3 is 0 Å². The molecule has 0 aromatic rings. The van der Waals surface area contributed by atoms with Crippen molar-refractivity contribution in [1.82, 2.24) is 10.6 Å². The molecule has 0 atom stereocenters. The number of nitrogens with one attached hydrogen (secondary N) is 2. The molecule has 0 aliphatic carbocycles. The Labute approximate surface area is 118 Å². The molecule has 3 nitrogen and oxygen atoms in total. The summed E-state index contributed by atoms with van der Waals surface area (Å²) >= 11 is 4.58. The minimum atomic E-state index is -0.189. The topological polar surface area (TPSA) is 41.1 Å². The van der Waals surface area contributed by atoms with Gasteiger partial charge in [0.2, 0.25) is 5.91 Å². The second kappa shape index (κ2) is 12.4. The van der Waals surface area contributed by atoms with Crippen LogP contribution in [0.4, 0.5) is 4.39 Å². The largest absolute Gasteiger partial charge is 0.359 e. The summed E-state index contributed by atoms with van der Waals surface area (Å²) in [5.74, 6) is -0.189. The van der Waals surface area contributed by atoms with Crippen molar-refractivity contribution in [3.63, 3.8) is 0 Å². The second-order valence-corrected chi connectivity index (χ2v) is 3.50. The van der Waals surface area contributed by atoms with Gasteiger partial charge in [-0.05, 0) is 25.2 Å². The van der Waals surface area contributed by atoms with Crippen LogP contribution in [0, 0.1) is 0 Å². The van der Waals surface area contributed by atoms with E-state index in [1.54, 1.807) is 24.4 Å². The molecule has 0 heterocycles. The monoisotopic (exact) mass is 280 g/mol. The van der Waals surface area contributed by atoms with Gasteiger partial charge in [-0.2, -0.15) is 0 Å². The predicted molar refractivity (Wildman–Crippen MR) is 81.0 cm³/mol. The first-order valence-electron chi connectivity index (χ1n) is 5.65. The Morgan fingerprint density at radius 2 is 2.11 bits per heavy atom. The minimum Gasteiger partial charge on any atom is -0.359 e. The van der Waals surface area contributed by atoms with Crippen LogP contribution in [-0.4, -0.2) is 11.4 Å². The predicted octanol–water partition coefficient (Wildman–Crippen LogP) is 3.05. The highest BCUT2D eigenvalue weighted by atomic mass is 32.1. The molecule has 19 heavy (non-hydrogen) atoms. The van der Waals surface area contributed by atoms with Crippen LogP contribution >= 0.6 is 12.2 Å². The molecule has 2 N–H and O–H groups in total. The molecule has 0 radical (unpaired) electrons. The van der Waals surface area contributed by atoms with Gasteiger partial charge < -0.3 is 10.6 Å². The molecule has 0 spiro atoms. The summed E-state index contributed by atoms with van der Waals surface area (Å²) in [5.41, 5.74) is 1.78.